The van der Waals surface area contributed by atoms with Gasteiger partial charge in [0, 0.05) is 33.8 Å². The molecule has 0 amide bonds. The third kappa shape index (κ3) is 6.11. The number of hydrogen-bond acceptors (Lipinski definition) is 2. The van der Waals surface area contributed by atoms with E-state index in [-0.39, 0.29) is 0 Å². The molecule has 0 heterocycles. The van der Waals surface area contributed by atoms with Crippen LogP contribution >= 0.6 is 0 Å². The van der Waals surface area contributed by atoms with Gasteiger partial charge in [-0.1, -0.05) is 200 Å². The number of fused-ring (bicyclic) bond motifs is 12. The summed E-state index contributed by atoms with van der Waals surface area (Å²) in [4.78, 5) is 4.88. The number of rotatable bonds is 8. The molecule has 0 aromatic heterocycles. The molecule has 0 saturated carbocycles. The lowest BCUT2D eigenvalue weighted by Crippen LogP contribution is -2.26. The minimum atomic E-state index is -0.605. The van der Waals surface area contributed by atoms with Crippen LogP contribution in [0.2, 0.25) is 0 Å². The van der Waals surface area contributed by atoms with Crippen molar-refractivity contribution < 1.29 is 0 Å². The minimum Gasteiger partial charge on any atom is -0.310 e. The van der Waals surface area contributed by atoms with E-state index < -0.39 is 5.41 Å². The highest BCUT2D eigenvalue weighted by molar-refractivity contribution is 6.12. The topological polar surface area (TPSA) is 6.48 Å². The summed E-state index contributed by atoms with van der Waals surface area (Å²) in [6.07, 6.45) is 0. The number of nitrogens with zero attached hydrogens (tertiary/aromatic N) is 2. The van der Waals surface area contributed by atoms with Gasteiger partial charge in [0.25, 0.3) is 0 Å². The van der Waals surface area contributed by atoms with E-state index in [4.69, 9.17) is 0 Å². The fourth-order valence-corrected chi connectivity index (χ4v) is 11.2. The van der Waals surface area contributed by atoms with E-state index in [1.54, 1.807) is 0 Å². The molecular weight excluding hydrogens is 809 g/mol. The molecule has 0 bridgehead atoms. The van der Waals surface area contributed by atoms with Crippen molar-refractivity contribution in [2.45, 2.75) is 5.41 Å². The number of benzene rings is 11. The summed E-state index contributed by atoms with van der Waals surface area (Å²) in [6.45, 7) is 0. The third-order valence-electron chi connectivity index (χ3n) is 14.0. The molecule has 0 radical (unpaired) electrons. The molecule has 0 fully saturated rings. The van der Waals surface area contributed by atoms with E-state index in [0.29, 0.717) is 0 Å². The van der Waals surface area contributed by atoms with Gasteiger partial charge >= 0.3 is 0 Å². The first-order valence-electron chi connectivity index (χ1n) is 23.2. The SMILES string of the molecule is c1ccc(-c2ccc(N(c3ccccc3)c3ccc4c(c3)C3(c5ccccc5-c5ccccc53)c3cc(N(c5ccccc5)c5ccc(-c6ccccc6)cc5)c5ccccc5c3-4)cc2)cc1. The van der Waals surface area contributed by atoms with Crippen LogP contribution in [0.1, 0.15) is 22.3 Å². The van der Waals surface area contributed by atoms with Crippen molar-refractivity contribution in [1.82, 2.24) is 0 Å². The van der Waals surface area contributed by atoms with Crippen LogP contribution in [0.3, 0.4) is 0 Å². The van der Waals surface area contributed by atoms with Gasteiger partial charge in [-0.15, -0.1) is 0 Å². The van der Waals surface area contributed by atoms with E-state index in [1.807, 2.05) is 0 Å². The Morgan fingerprint density at radius 3 is 1.19 bits per heavy atom. The average molecular weight is 853 g/mol. The largest absolute Gasteiger partial charge is 0.310 e. The van der Waals surface area contributed by atoms with Crippen molar-refractivity contribution in [3.05, 3.63) is 289 Å². The summed E-state index contributed by atoms with van der Waals surface area (Å²) >= 11 is 0. The van der Waals surface area contributed by atoms with Crippen LogP contribution < -0.4 is 9.80 Å². The predicted molar refractivity (Wildman–Crippen MR) is 280 cm³/mol. The molecule has 13 rings (SSSR count). The summed E-state index contributed by atoms with van der Waals surface area (Å²) < 4.78 is 0. The Morgan fingerprint density at radius 2 is 0.642 bits per heavy atom. The van der Waals surface area contributed by atoms with Crippen molar-refractivity contribution in [3.8, 4) is 44.5 Å². The summed E-state index contributed by atoms with van der Waals surface area (Å²) in [5.74, 6) is 0. The van der Waals surface area contributed by atoms with Crippen LogP contribution in [0.25, 0.3) is 55.3 Å². The van der Waals surface area contributed by atoms with Crippen LogP contribution in [0.15, 0.2) is 267 Å². The van der Waals surface area contributed by atoms with E-state index >= 15 is 0 Å². The van der Waals surface area contributed by atoms with Gasteiger partial charge in [-0.05, 0) is 139 Å². The monoisotopic (exact) mass is 852 g/mol. The fraction of sp³-hybridized carbons (Fsp3) is 0.0154. The Labute approximate surface area is 391 Å². The Kier molecular flexibility index (Phi) is 9.11. The van der Waals surface area contributed by atoms with Gasteiger partial charge in [0.15, 0.2) is 0 Å². The van der Waals surface area contributed by atoms with Crippen LogP contribution in [0, 0.1) is 0 Å². The maximum Gasteiger partial charge on any atom is 0.0727 e. The molecular formula is C65H44N2. The Bertz CT molecular complexity index is 3560. The molecule has 2 nitrogen and oxygen atoms in total. The van der Waals surface area contributed by atoms with E-state index in [2.05, 4.69) is 277 Å². The number of para-hydroxylation sites is 2. The smallest absolute Gasteiger partial charge is 0.0727 e. The van der Waals surface area contributed by atoms with Gasteiger partial charge in [0.2, 0.25) is 0 Å². The molecule has 0 saturated heterocycles. The first kappa shape index (κ1) is 38.7. The second-order valence-electron chi connectivity index (χ2n) is 17.6. The lowest BCUT2D eigenvalue weighted by atomic mass is 9.70. The van der Waals surface area contributed by atoms with Crippen molar-refractivity contribution in [2.24, 2.45) is 0 Å². The second kappa shape index (κ2) is 15.8. The van der Waals surface area contributed by atoms with Gasteiger partial charge in [0.1, 0.15) is 0 Å². The van der Waals surface area contributed by atoms with Crippen molar-refractivity contribution in [2.75, 3.05) is 9.80 Å². The molecule has 2 heteroatoms. The second-order valence-corrected chi connectivity index (χ2v) is 17.6. The van der Waals surface area contributed by atoms with Gasteiger partial charge in [0.05, 0.1) is 11.1 Å². The Hall–Kier alpha value is -8.72. The maximum atomic E-state index is 2.53. The number of hydrogen-bond donors (Lipinski definition) is 0. The zero-order valence-corrected chi connectivity index (χ0v) is 36.8. The molecule has 2 aliphatic carbocycles. The highest BCUT2D eigenvalue weighted by Crippen LogP contribution is 2.65. The number of anilines is 6. The van der Waals surface area contributed by atoms with Crippen LogP contribution in [0.4, 0.5) is 34.1 Å². The zero-order chi connectivity index (χ0) is 44.3. The minimum absolute atomic E-state index is 0.605. The standard InChI is InChI=1S/C65H44N2/c1-5-19-45(20-6-1)47-33-37-51(38-34-47)66(49-23-9-3-10-24-49)53-41-42-58-61(43-53)65(59-31-17-15-27-54(59)55-28-16-18-32-60(55)65)62-44-63(56-29-13-14-30-57(56)64(58)62)67(50-25-11-4-12-26-50)52-39-35-48(36-40-52)46-21-7-2-8-22-46/h1-44H. The zero-order valence-electron chi connectivity index (χ0n) is 36.8. The molecule has 0 aliphatic heterocycles. The predicted octanol–water partition coefficient (Wildman–Crippen LogP) is 17.5. The van der Waals surface area contributed by atoms with Crippen molar-refractivity contribution >= 4 is 44.9 Å². The molecule has 11 aromatic carbocycles. The van der Waals surface area contributed by atoms with Crippen LogP contribution in [-0.4, -0.2) is 0 Å². The Morgan fingerprint density at radius 1 is 0.239 bits per heavy atom. The van der Waals surface area contributed by atoms with Crippen LogP contribution in [-0.2, 0) is 5.41 Å². The molecule has 2 aliphatic rings. The van der Waals surface area contributed by atoms with Gasteiger partial charge in [-0.25, -0.2) is 0 Å². The van der Waals surface area contributed by atoms with Gasteiger partial charge < -0.3 is 9.80 Å². The lowest BCUT2D eigenvalue weighted by Gasteiger charge is -2.34. The molecule has 0 N–H and O–H groups in total. The average Bonchev–Trinajstić information content (AvgIpc) is 3.87. The first-order chi connectivity index (χ1) is 33.3. The van der Waals surface area contributed by atoms with E-state index in [0.717, 1.165) is 34.1 Å². The Balaban J connectivity index is 1.07. The first-order valence-corrected chi connectivity index (χ1v) is 23.2. The molecule has 67 heavy (non-hydrogen) atoms. The van der Waals surface area contributed by atoms with Crippen molar-refractivity contribution in [3.63, 3.8) is 0 Å². The van der Waals surface area contributed by atoms with Crippen molar-refractivity contribution in [1.29, 1.82) is 0 Å². The summed E-state index contributed by atoms with van der Waals surface area (Å²) in [6, 6.07) is 98.1. The quantitative estimate of drug-likeness (QED) is 0.150. The summed E-state index contributed by atoms with van der Waals surface area (Å²) in [7, 11) is 0. The fourth-order valence-electron chi connectivity index (χ4n) is 11.2. The highest BCUT2D eigenvalue weighted by Gasteiger charge is 2.52. The van der Waals surface area contributed by atoms with Crippen LogP contribution in [0.5, 0.6) is 0 Å². The normalized spacial score (nSPS) is 12.6. The third-order valence-corrected chi connectivity index (χ3v) is 14.0. The van der Waals surface area contributed by atoms with E-state index in [9.17, 15) is 0 Å². The maximum absolute atomic E-state index is 2.53. The highest BCUT2D eigenvalue weighted by atomic mass is 15.1. The molecule has 314 valence electrons. The summed E-state index contributed by atoms with van der Waals surface area (Å²) in [5.41, 5.74) is 21.2. The molecule has 11 aromatic rings. The molecule has 0 unspecified atom stereocenters. The van der Waals surface area contributed by atoms with Gasteiger partial charge in [-0.2, -0.15) is 0 Å². The molecule has 1 spiro atoms. The van der Waals surface area contributed by atoms with Gasteiger partial charge in [-0.3, -0.25) is 0 Å². The van der Waals surface area contributed by atoms with E-state index in [1.165, 1.54) is 77.5 Å². The lowest BCUT2D eigenvalue weighted by molar-refractivity contribution is 0.794. The molecule has 0 atom stereocenters. The summed E-state index contributed by atoms with van der Waals surface area (Å²) in [5, 5.41) is 2.44.